The van der Waals surface area contributed by atoms with Gasteiger partial charge in [-0.1, -0.05) is 18.7 Å². The first-order valence-corrected chi connectivity index (χ1v) is 4.16. The van der Waals surface area contributed by atoms with Gasteiger partial charge in [0, 0.05) is 0 Å². The summed E-state index contributed by atoms with van der Waals surface area (Å²) < 4.78 is 5.08. The number of hydrogen-bond donors (Lipinski definition) is 1. The van der Waals surface area contributed by atoms with Crippen molar-refractivity contribution in [3.05, 3.63) is 42.0 Å². The quantitative estimate of drug-likeness (QED) is 0.712. The average Bonchev–Trinajstić information content (AvgIpc) is 2.18. The second-order valence-corrected chi connectivity index (χ2v) is 2.94. The van der Waals surface area contributed by atoms with Gasteiger partial charge in [0.2, 0.25) is 0 Å². The van der Waals surface area contributed by atoms with E-state index in [4.69, 9.17) is 9.84 Å². The van der Waals surface area contributed by atoms with Crippen molar-refractivity contribution in [2.45, 2.75) is 6.42 Å². The summed E-state index contributed by atoms with van der Waals surface area (Å²) in [5.74, 6) is 0.836. The summed E-state index contributed by atoms with van der Waals surface area (Å²) in [4.78, 5) is 0. The SMILES string of the molecule is C=C(CO)Cc1cccc(OC)c1. The van der Waals surface area contributed by atoms with Crippen LogP contribution in [0.3, 0.4) is 0 Å². The number of methoxy groups -OCH3 is 1. The molecule has 0 aliphatic rings. The number of ether oxygens (including phenoxy) is 1. The van der Waals surface area contributed by atoms with Crippen molar-refractivity contribution in [1.29, 1.82) is 0 Å². The molecule has 70 valence electrons. The molecule has 1 N–H and O–H groups in total. The molecule has 1 rings (SSSR count). The molecule has 0 saturated heterocycles. The van der Waals surface area contributed by atoms with Crippen molar-refractivity contribution in [1.82, 2.24) is 0 Å². The highest BCUT2D eigenvalue weighted by molar-refractivity contribution is 5.30. The number of aliphatic hydroxyl groups excluding tert-OH is 1. The summed E-state index contributed by atoms with van der Waals surface area (Å²) in [6.45, 7) is 3.77. The highest BCUT2D eigenvalue weighted by Crippen LogP contribution is 2.14. The van der Waals surface area contributed by atoms with Gasteiger partial charge in [-0.25, -0.2) is 0 Å². The monoisotopic (exact) mass is 178 g/mol. The van der Waals surface area contributed by atoms with E-state index >= 15 is 0 Å². The Hall–Kier alpha value is -1.28. The fraction of sp³-hybridized carbons (Fsp3) is 0.273. The van der Waals surface area contributed by atoms with E-state index < -0.39 is 0 Å². The Labute approximate surface area is 78.5 Å². The molecule has 0 amide bonds. The summed E-state index contributed by atoms with van der Waals surface area (Å²) in [6, 6.07) is 7.76. The van der Waals surface area contributed by atoms with Crippen LogP contribution in [0.25, 0.3) is 0 Å². The van der Waals surface area contributed by atoms with Gasteiger partial charge in [-0.2, -0.15) is 0 Å². The van der Waals surface area contributed by atoms with E-state index in [1.807, 2.05) is 24.3 Å². The molecule has 1 aromatic rings. The molecule has 0 aromatic heterocycles. The zero-order valence-electron chi connectivity index (χ0n) is 7.79. The first kappa shape index (κ1) is 9.81. The molecule has 0 aliphatic heterocycles. The Balaban J connectivity index is 2.71. The second kappa shape index (κ2) is 4.67. The summed E-state index contributed by atoms with van der Waals surface area (Å²) in [5, 5.41) is 8.79. The molecule has 0 heterocycles. The molecule has 2 nitrogen and oxygen atoms in total. The van der Waals surface area contributed by atoms with E-state index in [1.165, 1.54) is 0 Å². The van der Waals surface area contributed by atoms with Crippen molar-refractivity contribution >= 4 is 0 Å². The van der Waals surface area contributed by atoms with E-state index in [9.17, 15) is 0 Å². The Morgan fingerprint density at radius 3 is 2.92 bits per heavy atom. The fourth-order valence-electron chi connectivity index (χ4n) is 1.13. The van der Waals surface area contributed by atoms with Gasteiger partial charge < -0.3 is 9.84 Å². The number of hydrogen-bond acceptors (Lipinski definition) is 2. The molecule has 1 aromatic carbocycles. The van der Waals surface area contributed by atoms with Gasteiger partial charge in [0.05, 0.1) is 13.7 Å². The third kappa shape index (κ3) is 2.92. The van der Waals surface area contributed by atoms with Crippen molar-refractivity contribution in [2.24, 2.45) is 0 Å². The zero-order valence-corrected chi connectivity index (χ0v) is 7.79. The third-order valence-electron chi connectivity index (χ3n) is 1.81. The van der Waals surface area contributed by atoms with Crippen LogP contribution in [-0.4, -0.2) is 18.8 Å². The Morgan fingerprint density at radius 2 is 2.31 bits per heavy atom. The lowest BCUT2D eigenvalue weighted by atomic mass is 10.1. The molecule has 2 heteroatoms. The molecule has 0 aliphatic carbocycles. The maximum absolute atomic E-state index is 8.79. The minimum absolute atomic E-state index is 0.0389. The summed E-state index contributed by atoms with van der Waals surface area (Å²) in [6.07, 6.45) is 0.702. The van der Waals surface area contributed by atoms with Gasteiger partial charge in [0.25, 0.3) is 0 Å². The Bertz CT molecular complexity index is 292. The molecule has 0 fully saturated rings. The molecule has 0 bridgehead atoms. The second-order valence-electron chi connectivity index (χ2n) is 2.94. The van der Waals surface area contributed by atoms with E-state index in [-0.39, 0.29) is 6.61 Å². The summed E-state index contributed by atoms with van der Waals surface area (Å²) >= 11 is 0. The van der Waals surface area contributed by atoms with Crippen LogP contribution < -0.4 is 4.74 Å². The van der Waals surface area contributed by atoms with Gasteiger partial charge >= 0.3 is 0 Å². The predicted octanol–water partition coefficient (Wildman–Crippen LogP) is 1.79. The largest absolute Gasteiger partial charge is 0.497 e. The summed E-state index contributed by atoms with van der Waals surface area (Å²) in [7, 11) is 1.64. The van der Waals surface area contributed by atoms with Crippen LogP contribution in [0.1, 0.15) is 5.56 Å². The van der Waals surface area contributed by atoms with Crippen LogP contribution in [-0.2, 0) is 6.42 Å². The standard InChI is InChI=1S/C11H14O2/c1-9(8-12)6-10-4-3-5-11(7-10)13-2/h3-5,7,12H,1,6,8H2,2H3. The van der Waals surface area contributed by atoms with Crippen molar-refractivity contribution in [2.75, 3.05) is 13.7 Å². The lowest BCUT2D eigenvalue weighted by molar-refractivity contribution is 0.329. The first-order chi connectivity index (χ1) is 6.26. The topological polar surface area (TPSA) is 29.5 Å². The predicted molar refractivity (Wildman–Crippen MR) is 52.9 cm³/mol. The van der Waals surface area contributed by atoms with Gasteiger partial charge in [-0.15, -0.1) is 0 Å². The number of aliphatic hydroxyl groups is 1. The smallest absolute Gasteiger partial charge is 0.119 e. The molecule has 0 spiro atoms. The number of rotatable bonds is 4. The molecule has 0 unspecified atom stereocenters. The van der Waals surface area contributed by atoms with Crippen LogP contribution >= 0.6 is 0 Å². The minimum Gasteiger partial charge on any atom is -0.497 e. The molecular weight excluding hydrogens is 164 g/mol. The normalized spacial score (nSPS) is 9.69. The molecule has 13 heavy (non-hydrogen) atoms. The zero-order chi connectivity index (χ0) is 9.68. The highest BCUT2D eigenvalue weighted by atomic mass is 16.5. The van der Waals surface area contributed by atoms with Crippen LogP contribution in [0.4, 0.5) is 0 Å². The lowest BCUT2D eigenvalue weighted by Crippen LogP contribution is -1.94. The number of benzene rings is 1. The Kier molecular flexibility index (Phi) is 3.53. The van der Waals surface area contributed by atoms with Crippen LogP contribution in [0.5, 0.6) is 5.75 Å². The minimum atomic E-state index is 0.0389. The average molecular weight is 178 g/mol. The van der Waals surface area contributed by atoms with Crippen LogP contribution in [0.2, 0.25) is 0 Å². The molecule has 0 saturated carbocycles. The van der Waals surface area contributed by atoms with E-state index in [0.29, 0.717) is 6.42 Å². The van der Waals surface area contributed by atoms with Gasteiger partial charge in [-0.3, -0.25) is 0 Å². The van der Waals surface area contributed by atoms with Gasteiger partial charge in [0.15, 0.2) is 0 Å². The van der Waals surface area contributed by atoms with Crippen molar-refractivity contribution < 1.29 is 9.84 Å². The van der Waals surface area contributed by atoms with Gasteiger partial charge in [0.1, 0.15) is 5.75 Å². The molecule has 0 atom stereocenters. The molecular formula is C11H14O2. The fourth-order valence-corrected chi connectivity index (χ4v) is 1.13. The van der Waals surface area contributed by atoms with Crippen molar-refractivity contribution in [3.63, 3.8) is 0 Å². The van der Waals surface area contributed by atoms with E-state index in [1.54, 1.807) is 7.11 Å². The van der Waals surface area contributed by atoms with Gasteiger partial charge in [-0.05, 0) is 29.7 Å². The lowest BCUT2D eigenvalue weighted by Gasteiger charge is -2.04. The summed E-state index contributed by atoms with van der Waals surface area (Å²) in [5.41, 5.74) is 1.92. The first-order valence-electron chi connectivity index (χ1n) is 4.16. The maximum Gasteiger partial charge on any atom is 0.119 e. The van der Waals surface area contributed by atoms with Crippen LogP contribution in [0, 0.1) is 0 Å². The van der Waals surface area contributed by atoms with Crippen LogP contribution in [0.15, 0.2) is 36.4 Å². The molecule has 0 radical (unpaired) electrons. The van der Waals surface area contributed by atoms with Crippen molar-refractivity contribution in [3.8, 4) is 5.75 Å². The van der Waals surface area contributed by atoms with E-state index in [2.05, 4.69) is 6.58 Å². The third-order valence-corrected chi connectivity index (χ3v) is 1.81. The maximum atomic E-state index is 8.79. The Morgan fingerprint density at radius 1 is 1.54 bits per heavy atom. The van der Waals surface area contributed by atoms with E-state index in [0.717, 1.165) is 16.9 Å². The highest BCUT2D eigenvalue weighted by Gasteiger charge is 1.97.